The number of benzene rings is 1. The van der Waals surface area contributed by atoms with Crippen molar-refractivity contribution in [3.05, 3.63) is 23.8 Å². The largest absolute Gasteiger partial charge is 0.495 e. The highest BCUT2D eigenvalue weighted by molar-refractivity contribution is 7.84. The van der Waals surface area contributed by atoms with Gasteiger partial charge in [0.1, 0.15) is 5.75 Å². The number of carbonyl (C=O) groups excluding carboxylic acids is 1. The van der Waals surface area contributed by atoms with Crippen molar-refractivity contribution in [3.63, 3.8) is 0 Å². The van der Waals surface area contributed by atoms with Crippen LogP contribution in [0.1, 0.15) is 17.3 Å². The second-order valence-corrected chi connectivity index (χ2v) is 5.94. The van der Waals surface area contributed by atoms with Gasteiger partial charge in [-0.25, -0.2) is 9.59 Å². The van der Waals surface area contributed by atoms with E-state index in [1.165, 1.54) is 25.3 Å². The van der Waals surface area contributed by atoms with Crippen molar-refractivity contribution in [2.24, 2.45) is 0 Å². The van der Waals surface area contributed by atoms with Crippen molar-refractivity contribution in [2.75, 3.05) is 24.4 Å². The van der Waals surface area contributed by atoms with Gasteiger partial charge in [-0.05, 0) is 25.1 Å². The van der Waals surface area contributed by atoms with Crippen molar-refractivity contribution in [3.8, 4) is 5.75 Å². The van der Waals surface area contributed by atoms with Crippen LogP contribution in [0.25, 0.3) is 0 Å². The van der Waals surface area contributed by atoms with Gasteiger partial charge in [0.05, 0.1) is 18.4 Å². The molecule has 1 aromatic rings. The van der Waals surface area contributed by atoms with Gasteiger partial charge < -0.3 is 20.5 Å². The van der Waals surface area contributed by atoms with Gasteiger partial charge in [0, 0.05) is 28.9 Å². The molecule has 2 unspecified atom stereocenters. The second-order valence-electron chi connectivity index (χ2n) is 4.46. The molecule has 116 valence electrons. The molecule has 0 aromatic heterocycles. The van der Waals surface area contributed by atoms with Crippen LogP contribution in [0.3, 0.4) is 0 Å². The second kappa shape index (κ2) is 7.63. The van der Waals surface area contributed by atoms with E-state index in [2.05, 4.69) is 10.6 Å². The summed E-state index contributed by atoms with van der Waals surface area (Å²) in [7, 11) is 0.399. The van der Waals surface area contributed by atoms with Gasteiger partial charge >= 0.3 is 12.0 Å². The van der Waals surface area contributed by atoms with Gasteiger partial charge in [-0.15, -0.1) is 0 Å². The molecule has 21 heavy (non-hydrogen) atoms. The fourth-order valence-corrected chi connectivity index (χ4v) is 2.50. The third-order valence-electron chi connectivity index (χ3n) is 2.56. The lowest BCUT2D eigenvalue weighted by Gasteiger charge is -2.15. The summed E-state index contributed by atoms with van der Waals surface area (Å²) in [6, 6.07) is 3.36. The smallest absolute Gasteiger partial charge is 0.335 e. The van der Waals surface area contributed by atoms with Gasteiger partial charge in [-0.3, -0.25) is 4.21 Å². The van der Waals surface area contributed by atoms with Crippen LogP contribution >= 0.6 is 0 Å². The average Bonchev–Trinajstić information content (AvgIpc) is 2.37. The van der Waals surface area contributed by atoms with Crippen molar-refractivity contribution >= 4 is 28.5 Å². The van der Waals surface area contributed by atoms with Crippen molar-refractivity contribution < 1.29 is 23.6 Å². The molecule has 0 radical (unpaired) electrons. The fraction of sp³-hybridized carbons (Fsp3) is 0.385. The summed E-state index contributed by atoms with van der Waals surface area (Å²) >= 11 is 0. The Morgan fingerprint density at radius 1 is 1.43 bits per heavy atom. The number of methoxy groups -OCH3 is 1. The zero-order valence-corrected chi connectivity index (χ0v) is 12.8. The first-order valence-electron chi connectivity index (χ1n) is 6.12. The molecule has 2 amide bonds. The Labute approximate surface area is 125 Å². The maximum atomic E-state index is 11.8. The zero-order valence-electron chi connectivity index (χ0n) is 12.0. The van der Waals surface area contributed by atoms with Gasteiger partial charge in [-0.2, -0.15) is 0 Å². The Morgan fingerprint density at radius 2 is 2.10 bits per heavy atom. The van der Waals surface area contributed by atoms with Crippen LogP contribution in [0.15, 0.2) is 18.2 Å². The van der Waals surface area contributed by atoms with E-state index >= 15 is 0 Å². The number of hydrogen-bond donors (Lipinski definition) is 3. The predicted octanol–water partition coefficient (Wildman–Crippen LogP) is 1.28. The molecule has 0 aliphatic rings. The molecule has 0 aliphatic heterocycles. The highest BCUT2D eigenvalue weighted by Crippen LogP contribution is 2.25. The Kier molecular flexibility index (Phi) is 6.16. The van der Waals surface area contributed by atoms with E-state index in [4.69, 9.17) is 9.84 Å². The summed E-state index contributed by atoms with van der Waals surface area (Å²) in [5.41, 5.74) is 0.286. The molecule has 0 fully saturated rings. The molecule has 0 aliphatic carbocycles. The third-order valence-corrected chi connectivity index (χ3v) is 3.53. The molecular formula is C13H18N2O5S. The lowest BCUT2D eigenvalue weighted by atomic mass is 10.2. The van der Waals surface area contributed by atoms with E-state index < -0.39 is 22.8 Å². The third kappa shape index (κ3) is 5.42. The van der Waals surface area contributed by atoms with Crippen molar-refractivity contribution in [2.45, 2.75) is 13.0 Å². The number of carboxylic acid groups (broad SMARTS) is 1. The molecule has 1 aromatic carbocycles. The molecule has 0 bridgehead atoms. The van der Waals surface area contributed by atoms with Gasteiger partial charge in [-0.1, -0.05) is 0 Å². The van der Waals surface area contributed by atoms with Crippen LogP contribution in [0.4, 0.5) is 10.5 Å². The first-order valence-corrected chi connectivity index (χ1v) is 7.85. The number of aromatic carboxylic acids is 1. The number of carboxylic acids is 1. The minimum absolute atomic E-state index is 0.0359. The molecule has 0 heterocycles. The predicted molar refractivity (Wildman–Crippen MR) is 80.5 cm³/mol. The van der Waals surface area contributed by atoms with E-state index in [9.17, 15) is 13.8 Å². The van der Waals surface area contributed by atoms with Crippen LogP contribution < -0.4 is 15.4 Å². The molecule has 2 atom stereocenters. The zero-order chi connectivity index (χ0) is 16.0. The average molecular weight is 314 g/mol. The summed E-state index contributed by atoms with van der Waals surface area (Å²) in [5, 5.41) is 14.1. The van der Waals surface area contributed by atoms with E-state index in [1.54, 1.807) is 13.2 Å². The number of nitrogens with one attached hydrogen (secondary N) is 2. The summed E-state index contributed by atoms with van der Waals surface area (Å²) in [4.78, 5) is 22.8. The van der Waals surface area contributed by atoms with E-state index in [0.717, 1.165) is 0 Å². The van der Waals surface area contributed by atoms with Crippen LogP contribution in [-0.4, -0.2) is 46.5 Å². The number of anilines is 1. The minimum atomic E-state index is -1.10. The molecule has 3 N–H and O–H groups in total. The van der Waals surface area contributed by atoms with Crippen molar-refractivity contribution in [1.29, 1.82) is 0 Å². The minimum Gasteiger partial charge on any atom is -0.495 e. The van der Waals surface area contributed by atoms with Crippen LogP contribution in [-0.2, 0) is 10.8 Å². The highest BCUT2D eigenvalue weighted by Gasteiger charge is 2.13. The molecule has 0 spiro atoms. The maximum absolute atomic E-state index is 11.8. The number of urea groups is 1. The highest BCUT2D eigenvalue weighted by atomic mass is 32.2. The number of ether oxygens (including phenoxy) is 1. The summed E-state index contributed by atoms with van der Waals surface area (Å²) in [6.07, 6.45) is 1.55. The number of hydrogen-bond acceptors (Lipinski definition) is 4. The van der Waals surface area contributed by atoms with Gasteiger partial charge in [0.25, 0.3) is 0 Å². The van der Waals surface area contributed by atoms with Gasteiger partial charge in [0.15, 0.2) is 0 Å². The Hall–Kier alpha value is -2.09. The monoisotopic (exact) mass is 314 g/mol. The first-order chi connectivity index (χ1) is 9.83. The summed E-state index contributed by atoms with van der Waals surface area (Å²) in [6.45, 7) is 1.73. The molecule has 8 heteroatoms. The van der Waals surface area contributed by atoms with Crippen LogP contribution in [0.5, 0.6) is 5.75 Å². The normalized spacial score (nSPS) is 13.1. The standard InChI is InChI=1S/C13H18N2O5S/c1-8(7-21(3)19)14-13(18)15-10-6-9(12(16)17)4-5-11(10)20-2/h4-6,8H,7H2,1-3H3,(H,16,17)(H2,14,15,18). The maximum Gasteiger partial charge on any atom is 0.335 e. The fourth-order valence-electron chi connectivity index (χ4n) is 1.71. The van der Waals surface area contributed by atoms with E-state index in [0.29, 0.717) is 11.5 Å². The summed E-state index contributed by atoms with van der Waals surface area (Å²) in [5.74, 6) is -0.419. The first kappa shape index (κ1) is 17.0. The van der Waals surface area contributed by atoms with Gasteiger partial charge in [0.2, 0.25) is 0 Å². The van der Waals surface area contributed by atoms with E-state index in [1.807, 2.05) is 0 Å². The SMILES string of the molecule is COc1ccc(C(=O)O)cc1NC(=O)NC(C)CS(C)=O. The van der Waals surface area contributed by atoms with Crippen molar-refractivity contribution in [1.82, 2.24) is 5.32 Å². The Morgan fingerprint density at radius 3 is 2.62 bits per heavy atom. The topological polar surface area (TPSA) is 105 Å². The summed E-state index contributed by atoms with van der Waals surface area (Å²) < 4.78 is 16.1. The molecule has 7 nitrogen and oxygen atoms in total. The van der Waals surface area contributed by atoms with E-state index in [-0.39, 0.29) is 17.3 Å². The number of amides is 2. The number of carbonyl (C=O) groups is 2. The quantitative estimate of drug-likeness (QED) is 0.733. The molecular weight excluding hydrogens is 296 g/mol. The number of rotatable bonds is 6. The Balaban J connectivity index is 2.80. The molecule has 0 saturated heterocycles. The van der Waals surface area contributed by atoms with Crippen LogP contribution in [0, 0.1) is 0 Å². The Bertz CT molecular complexity index is 561. The molecule has 0 saturated carbocycles. The lowest BCUT2D eigenvalue weighted by molar-refractivity contribution is 0.0697. The lowest BCUT2D eigenvalue weighted by Crippen LogP contribution is -2.39. The van der Waals surface area contributed by atoms with Crippen LogP contribution in [0.2, 0.25) is 0 Å². The molecule has 1 rings (SSSR count).